The van der Waals surface area contributed by atoms with Crippen LogP contribution in [0.4, 0.5) is 0 Å². The average Bonchev–Trinajstić information content (AvgIpc) is 1.94. The van der Waals surface area contributed by atoms with Crippen LogP contribution >= 0.6 is 0 Å². The molecule has 0 heterocycles. The summed E-state index contributed by atoms with van der Waals surface area (Å²) < 4.78 is 0. The Hall–Kier alpha value is -1.10. The Balaban J connectivity index is 2.47. The summed E-state index contributed by atoms with van der Waals surface area (Å²) in [5, 5.41) is 12.0. The molecule has 5 heteroatoms. The molecular weight excluding hydrogens is 196 g/mol. The SMILES string of the molecule is CC(C)(CC(N)=O)NC1CCC1C(=O)O. The molecule has 0 radical (unpaired) electrons. The first kappa shape index (κ1) is 12.0. The number of primary amides is 1. The molecule has 1 aliphatic carbocycles. The fraction of sp³-hybridized carbons (Fsp3) is 0.800. The minimum absolute atomic E-state index is 0.0307. The maximum absolute atomic E-state index is 10.8. The monoisotopic (exact) mass is 214 g/mol. The molecule has 0 aromatic carbocycles. The fourth-order valence-corrected chi connectivity index (χ4v) is 1.96. The third-order valence-corrected chi connectivity index (χ3v) is 2.78. The summed E-state index contributed by atoms with van der Waals surface area (Å²) >= 11 is 0. The number of carboxylic acids is 1. The molecule has 86 valence electrons. The number of hydrogen-bond donors (Lipinski definition) is 3. The summed E-state index contributed by atoms with van der Waals surface area (Å²) in [6, 6.07) is -0.0307. The Bertz CT molecular complexity index is 276. The minimum Gasteiger partial charge on any atom is -0.481 e. The second-order valence-electron chi connectivity index (χ2n) is 4.80. The smallest absolute Gasteiger partial charge is 0.308 e. The van der Waals surface area contributed by atoms with Crippen molar-refractivity contribution in [2.24, 2.45) is 11.7 Å². The molecular formula is C10H18N2O3. The quantitative estimate of drug-likeness (QED) is 0.605. The lowest BCUT2D eigenvalue weighted by Gasteiger charge is -2.40. The molecule has 5 nitrogen and oxygen atoms in total. The third kappa shape index (κ3) is 3.20. The molecule has 1 rings (SSSR count). The van der Waals surface area contributed by atoms with Crippen molar-refractivity contribution >= 4 is 11.9 Å². The molecule has 4 N–H and O–H groups in total. The van der Waals surface area contributed by atoms with E-state index in [4.69, 9.17) is 10.8 Å². The van der Waals surface area contributed by atoms with Crippen LogP contribution in [-0.4, -0.2) is 28.6 Å². The molecule has 0 spiro atoms. The van der Waals surface area contributed by atoms with Crippen molar-refractivity contribution in [2.75, 3.05) is 0 Å². The summed E-state index contributed by atoms with van der Waals surface area (Å²) in [6.45, 7) is 3.71. The van der Waals surface area contributed by atoms with Gasteiger partial charge in [0.2, 0.25) is 5.91 Å². The molecule has 0 aliphatic heterocycles. The number of carbonyl (C=O) groups is 2. The van der Waals surface area contributed by atoms with Gasteiger partial charge < -0.3 is 16.2 Å². The lowest BCUT2D eigenvalue weighted by atomic mass is 9.78. The van der Waals surface area contributed by atoms with Gasteiger partial charge in [0, 0.05) is 18.0 Å². The number of rotatable bonds is 5. The lowest BCUT2D eigenvalue weighted by molar-refractivity contribution is -0.146. The molecule has 0 aromatic rings. The van der Waals surface area contributed by atoms with E-state index in [9.17, 15) is 9.59 Å². The lowest BCUT2D eigenvalue weighted by Crippen LogP contribution is -2.56. The first-order chi connectivity index (χ1) is 6.82. The van der Waals surface area contributed by atoms with E-state index in [1.54, 1.807) is 0 Å². The Labute approximate surface area is 89.0 Å². The summed E-state index contributed by atoms with van der Waals surface area (Å²) in [5.41, 5.74) is 4.69. The molecule has 2 atom stereocenters. The Morgan fingerprint density at radius 2 is 2.07 bits per heavy atom. The van der Waals surface area contributed by atoms with Crippen molar-refractivity contribution in [3.63, 3.8) is 0 Å². The van der Waals surface area contributed by atoms with Crippen molar-refractivity contribution in [2.45, 2.75) is 44.7 Å². The van der Waals surface area contributed by atoms with Crippen LogP contribution in [-0.2, 0) is 9.59 Å². The van der Waals surface area contributed by atoms with Gasteiger partial charge in [-0.2, -0.15) is 0 Å². The van der Waals surface area contributed by atoms with Crippen LogP contribution in [0.25, 0.3) is 0 Å². The molecule has 0 bridgehead atoms. The van der Waals surface area contributed by atoms with E-state index < -0.39 is 11.5 Å². The van der Waals surface area contributed by atoms with Crippen LogP contribution in [0.3, 0.4) is 0 Å². The first-order valence-corrected chi connectivity index (χ1v) is 5.10. The van der Waals surface area contributed by atoms with E-state index in [2.05, 4.69) is 5.32 Å². The number of hydrogen-bond acceptors (Lipinski definition) is 3. The predicted octanol–water partition coefficient (Wildman–Crippen LogP) is 0.0932. The van der Waals surface area contributed by atoms with Crippen LogP contribution in [0.5, 0.6) is 0 Å². The number of nitrogens with two attached hydrogens (primary N) is 1. The van der Waals surface area contributed by atoms with Crippen LogP contribution < -0.4 is 11.1 Å². The van der Waals surface area contributed by atoms with E-state index in [0.717, 1.165) is 6.42 Å². The molecule has 1 aliphatic rings. The fourth-order valence-electron chi connectivity index (χ4n) is 1.96. The van der Waals surface area contributed by atoms with Gasteiger partial charge in [0.25, 0.3) is 0 Å². The van der Waals surface area contributed by atoms with Crippen molar-refractivity contribution in [1.29, 1.82) is 0 Å². The number of amides is 1. The average molecular weight is 214 g/mol. The largest absolute Gasteiger partial charge is 0.481 e. The Kier molecular flexibility index (Phi) is 3.34. The van der Waals surface area contributed by atoms with Crippen LogP contribution in [0.2, 0.25) is 0 Å². The van der Waals surface area contributed by atoms with E-state index in [1.165, 1.54) is 0 Å². The summed E-state index contributed by atoms with van der Waals surface area (Å²) in [4.78, 5) is 21.6. The number of nitrogens with one attached hydrogen (secondary N) is 1. The Morgan fingerprint density at radius 1 is 1.47 bits per heavy atom. The molecule has 1 saturated carbocycles. The van der Waals surface area contributed by atoms with Crippen molar-refractivity contribution in [3.05, 3.63) is 0 Å². The van der Waals surface area contributed by atoms with Crippen LogP contribution in [0.1, 0.15) is 33.1 Å². The van der Waals surface area contributed by atoms with Gasteiger partial charge in [-0.3, -0.25) is 9.59 Å². The van der Waals surface area contributed by atoms with E-state index in [-0.39, 0.29) is 24.3 Å². The van der Waals surface area contributed by atoms with Crippen molar-refractivity contribution < 1.29 is 14.7 Å². The first-order valence-electron chi connectivity index (χ1n) is 5.10. The van der Waals surface area contributed by atoms with E-state index in [0.29, 0.717) is 6.42 Å². The van der Waals surface area contributed by atoms with Gasteiger partial charge >= 0.3 is 5.97 Å². The highest BCUT2D eigenvalue weighted by atomic mass is 16.4. The van der Waals surface area contributed by atoms with Crippen molar-refractivity contribution in [1.82, 2.24) is 5.32 Å². The van der Waals surface area contributed by atoms with Crippen LogP contribution in [0, 0.1) is 5.92 Å². The van der Waals surface area contributed by atoms with E-state index >= 15 is 0 Å². The van der Waals surface area contributed by atoms with Gasteiger partial charge in [0.1, 0.15) is 0 Å². The maximum Gasteiger partial charge on any atom is 0.308 e. The molecule has 1 amide bonds. The van der Waals surface area contributed by atoms with Gasteiger partial charge in [-0.1, -0.05) is 0 Å². The van der Waals surface area contributed by atoms with Gasteiger partial charge in [0.05, 0.1) is 5.92 Å². The Morgan fingerprint density at radius 3 is 2.40 bits per heavy atom. The zero-order valence-electron chi connectivity index (χ0n) is 9.12. The maximum atomic E-state index is 10.8. The van der Waals surface area contributed by atoms with Gasteiger partial charge in [0.15, 0.2) is 0 Å². The zero-order valence-corrected chi connectivity index (χ0v) is 9.12. The second kappa shape index (κ2) is 4.18. The molecule has 0 saturated heterocycles. The minimum atomic E-state index is -0.770. The highest BCUT2D eigenvalue weighted by Crippen LogP contribution is 2.29. The van der Waals surface area contributed by atoms with Gasteiger partial charge in [-0.25, -0.2) is 0 Å². The molecule has 1 fully saturated rings. The zero-order chi connectivity index (χ0) is 11.6. The number of aliphatic carboxylic acids is 1. The third-order valence-electron chi connectivity index (χ3n) is 2.78. The molecule has 15 heavy (non-hydrogen) atoms. The number of carboxylic acid groups (broad SMARTS) is 1. The highest BCUT2D eigenvalue weighted by molar-refractivity contribution is 5.75. The molecule has 2 unspecified atom stereocenters. The topological polar surface area (TPSA) is 92.4 Å². The molecule has 0 aromatic heterocycles. The summed E-state index contributed by atoms with van der Waals surface area (Å²) in [6.07, 6.45) is 1.77. The number of carbonyl (C=O) groups excluding carboxylic acids is 1. The highest BCUT2D eigenvalue weighted by Gasteiger charge is 2.39. The van der Waals surface area contributed by atoms with E-state index in [1.807, 2.05) is 13.8 Å². The van der Waals surface area contributed by atoms with Gasteiger partial charge in [-0.15, -0.1) is 0 Å². The second-order valence-corrected chi connectivity index (χ2v) is 4.80. The van der Waals surface area contributed by atoms with Crippen molar-refractivity contribution in [3.8, 4) is 0 Å². The summed E-state index contributed by atoms with van der Waals surface area (Å²) in [5.74, 6) is -1.47. The standard InChI is InChI=1S/C10H18N2O3/c1-10(2,5-8(11)13)12-7-4-3-6(7)9(14)15/h6-7,12H,3-5H2,1-2H3,(H2,11,13)(H,14,15). The van der Waals surface area contributed by atoms with Crippen LogP contribution in [0.15, 0.2) is 0 Å². The summed E-state index contributed by atoms with van der Waals surface area (Å²) in [7, 11) is 0. The normalized spacial score (nSPS) is 25.7. The van der Waals surface area contributed by atoms with Gasteiger partial charge in [-0.05, 0) is 26.7 Å². The predicted molar refractivity (Wildman–Crippen MR) is 55.2 cm³/mol.